The number of hydrogen-bond acceptors (Lipinski definition) is 1. The van der Waals surface area contributed by atoms with Gasteiger partial charge in [-0.25, -0.2) is 0 Å². The molecule has 13 rings (SSSR count). The van der Waals surface area contributed by atoms with Gasteiger partial charge >= 0.3 is 0 Å². The van der Waals surface area contributed by atoms with Gasteiger partial charge in [-0.15, -0.1) is 6.58 Å². The molecule has 3 unspecified atom stereocenters. The van der Waals surface area contributed by atoms with Crippen LogP contribution in [-0.4, -0.2) is 4.57 Å². The third kappa shape index (κ3) is 5.78. The van der Waals surface area contributed by atoms with E-state index in [0.29, 0.717) is 17.8 Å². The van der Waals surface area contributed by atoms with Crippen molar-refractivity contribution in [2.45, 2.75) is 66.2 Å². The van der Waals surface area contributed by atoms with Crippen LogP contribution in [0.5, 0.6) is 0 Å². The van der Waals surface area contributed by atoms with Crippen LogP contribution in [0.2, 0.25) is 0 Å². The van der Waals surface area contributed by atoms with Crippen LogP contribution >= 0.6 is 0 Å². The molecule has 0 aliphatic heterocycles. The molecule has 0 N–H and O–H groups in total. The molecule has 2 heterocycles. The number of nitrogens with zero attached hydrogens (tertiary/aromatic N) is 1. The molecule has 0 spiro atoms. The highest BCUT2D eigenvalue weighted by Crippen LogP contribution is 2.55. The zero-order chi connectivity index (χ0) is 44.0. The first-order chi connectivity index (χ1) is 31.2. The summed E-state index contributed by atoms with van der Waals surface area (Å²) in [6.07, 6.45) is 14.3. The maximum absolute atomic E-state index is 6.51. The number of fused-ring (bicyclic) bond motifs is 13. The molecule has 2 heteroatoms. The minimum Gasteiger partial charge on any atom is -0.456 e. The van der Waals surface area contributed by atoms with E-state index in [4.69, 9.17) is 4.42 Å². The SMILES string of the molecule is C=CC1C(C)=CC=CC1C.CC.CC1CC=Cc2c1c1c3c(ccc1n2-c1ccc2oc4ccc(-c5ccc6c7c(cccc57)-c5ccccc5-6)cc4c2c1)-c1ccccc1C3(C)C. The van der Waals surface area contributed by atoms with E-state index in [0.717, 1.165) is 28.4 Å². The standard InChI is InChI=1S/C50H35NO.C10H14.C2H6/c1-28-10-8-17-42-46(28)48-43(23-22-38-34-13-6-7-16-41(34)50(2,3)49(38)48)51(42)30-19-25-45-40(27-30)39-26-29(18-24-44(39)52-45)31-20-21-37-33-12-5-4-11-32(33)36-15-9-14-35(31)47(36)37;1-4-10-8(2)6-5-7-9(10)3;1-2/h4-9,11-28H,10H2,1-3H3;4-8,10H,1H2,2-3H3;1-2H3. The number of benzene rings is 7. The van der Waals surface area contributed by atoms with Crippen LogP contribution in [0.3, 0.4) is 0 Å². The summed E-state index contributed by atoms with van der Waals surface area (Å²) in [5, 5.41) is 6.37. The van der Waals surface area contributed by atoms with Crippen molar-refractivity contribution in [3.8, 4) is 50.2 Å². The van der Waals surface area contributed by atoms with Gasteiger partial charge in [-0.1, -0.05) is 168 Å². The van der Waals surface area contributed by atoms with Crippen molar-refractivity contribution in [2.24, 2.45) is 11.8 Å². The predicted octanol–water partition coefficient (Wildman–Crippen LogP) is 17.8. The molecule has 7 aromatic carbocycles. The zero-order valence-corrected chi connectivity index (χ0v) is 38.1. The van der Waals surface area contributed by atoms with E-state index in [9.17, 15) is 0 Å². The highest BCUT2D eigenvalue weighted by atomic mass is 16.3. The molecule has 0 amide bonds. The van der Waals surface area contributed by atoms with Crippen LogP contribution in [0.15, 0.2) is 174 Å². The van der Waals surface area contributed by atoms with Gasteiger partial charge in [0.15, 0.2) is 0 Å². The third-order valence-corrected chi connectivity index (χ3v) is 14.7. The van der Waals surface area contributed by atoms with Gasteiger partial charge in [0.2, 0.25) is 0 Å². The lowest BCUT2D eigenvalue weighted by atomic mass is 9.78. The van der Waals surface area contributed by atoms with Gasteiger partial charge in [0.1, 0.15) is 11.2 Å². The molecule has 3 atom stereocenters. The Kier molecular flexibility index (Phi) is 9.44. The summed E-state index contributed by atoms with van der Waals surface area (Å²) >= 11 is 0. The first-order valence-electron chi connectivity index (χ1n) is 23.3. The van der Waals surface area contributed by atoms with Crippen molar-refractivity contribution in [3.05, 3.63) is 192 Å². The van der Waals surface area contributed by atoms with Crippen molar-refractivity contribution in [1.82, 2.24) is 4.57 Å². The molecule has 64 heavy (non-hydrogen) atoms. The van der Waals surface area contributed by atoms with Gasteiger partial charge < -0.3 is 8.98 Å². The summed E-state index contributed by atoms with van der Waals surface area (Å²) in [6, 6.07) is 47.4. The maximum Gasteiger partial charge on any atom is 0.135 e. The monoisotopic (exact) mass is 829 g/mol. The van der Waals surface area contributed by atoms with Gasteiger partial charge in [-0.05, 0) is 140 Å². The molecule has 314 valence electrons. The second kappa shape index (κ2) is 15.1. The summed E-state index contributed by atoms with van der Waals surface area (Å²) in [5.74, 6) is 1.62. The summed E-state index contributed by atoms with van der Waals surface area (Å²) < 4.78 is 9.02. The van der Waals surface area contributed by atoms with Crippen LogP contribution in [0, 0.1) is 11.8 Å². The van der Waals surface area contributed by atoms with E-state index in [1.165, 1.54) is 99.8 Å². The van der Waals surface area contributed by atoms with E-state index in [1.807, 2.05) is 19.9 Å². The second-order valence-corrected chi connectivity index (χ2v) is 18.6. The molecular weight excluding hydrogens is 775 g/mol. The van der Waals surface area contributed by atoms with Gasteiger partial charge in [0.25, 0.3) is 0 Å². The van der Waals surface area contributed by atoms with Crippen molar-refractivity contribution in [3.63, 3.8) is 0 Å². The van der Waals surface area contributed by atoms with Crippen LogP contribution in [0.1, 0.15) is 83.2 Å². The average molecular weight is 830 g/mol. The number of furan rings is 1. The number of hydrogen-bond donors (Lipinski definition) is 0. The molecule has 9 aromatic rings. The Morgan fingerprint density at radius 3 is 2.09 bits per heavy atom. The molecule has 0 saturated heterocycles. The first kappa shape index (κ1) is 39.9. The topological polar surface area (TPSA) is 18.1 Å². The van der Waals surface area contributed by atoms with Gasteiger partial charge in [-0.3, -0.25) is 0 Å². The summed E-state index contributed by atoms with van der Waals surface area (Å²) in [7, 11) is 0. The summed E-state index contributed by atoms with van der Waals surface area (Å²) in [5.41, 5.74) is 21.8. The minimum atomic E-state index is -0.0845. The summed E-state index contributed by atoms with van der Waals surface area (Å²) in [4.78, 5) is 0. The Bertz CT molecular complexity index is 3450. The van der Waals surface area contributed by atoms with Gasteiger partial charge in [0.05, 0.1) is 5.52 Å². The van der Waals surface area contributed by atoms with Gasteiger partial charge in [-0.2, -0.15) is 0 Å². The molecule has 0 saturated carbocycles. The van der Waals surface area contributed by atoms with Crippen LogP contribution in [-0.2, 0) is 5.41 Å². The first-order valence-corrected chi connectivity index (χ1v) is 23.3. The lowest BCUT2D eigenvalue weighted by Crippen LogP contribution is -2.16. The third-order valence-electron chi connectivity index (χ3n) is 14.7. The average Bonchev–Trinajstić information content (AvgIpc) is 4.03. The van der Waals surface area contributed by atoms with Crippen molar-refractivity contribution in [2.75, 3.05) is 0 Å². The molecule has 2 aromatic heterocycles. The van der Waals surface area contributed by atoms with E-state index in [2.05, 4.69) is 204 Å². The Morgan fingerprint density at radius 1 is 0.672 bits per heavy atom. The lowest BCUT2D eigenvalue weighted by Gasteiger charge is -2.24. The van der Waals surface area contributed by atoms with Crippen LogP contribution < -0.4 is 0 Å². The number of allylic oxidation sites excluding steroid dienone is 6. The van der Waals surface area contributed by atoms with E-state index in [1.54, 1.807) is 0 Å². The minimum absolute atomic E-state index is 0.0845. The van der Waals surface area contributed by atoms with E-state index < -0.39 is 0 Å². The molecule has 2 nitrogen and oxygen atoms in total. The van der Waals surface area contributed by atoms with Crippen molar-refractivity contribution < 1.29 is 4.42 Å². The fourth-order valence-electron chi connectivity index (χ4n) is 11.7. The Hall–Kier alpha value is -6.90. The Balaban J connectivity index is 0.000000336. The Morgan fingerprint density at radius 2 is 1.34 bits per heavy atom. The quantitative estimate of drug-likeness (QED) is 0.162. The van der Waals surface area contributed by atoms with E-state index in [-0.39, 0.29) is 5.41 Å². The number of aromatic nitrogens is 1. The predicted molar refractivity (Wildman–Crippen MR) is 275 cm³/mol. The molecule has 0 radical (unpaired) electrons. The lowest BCUT2D eigenvalue weighted by molar-refractivity contribution is 0.576. The number of rotatable bonds is 3. The van der Waals surface area contributed by atoms with Crippen molar-refractivity contribution >= 4 is 49.7 Å². The zero-order valence-electron chi connectivity index (χ0n) is 38.1. The molecular formula is C62H55NO. The maximum atomic E-state index is 6.51. The van der Waals surface area contributed by atoms with Crippen LogP contribution in [0.25, 0.3) is 99.9 Å². The fraction of sp³-hybridized carbons (Fsp3) is 0.194. The molecule has 4 aliphatic carbocycles. The van der Waals surface area contributed by atoms with Crippen LogP contribution in [0.4, 0.5) is 0 Å². The van der Waals surface area contributed by atoms with Gasteiger partial charge in [0, 0.05) is 38.9 Å². The molecule has 4 aliphatic rings. The second-order valence-electron chi connectivity index (χ2n) is 18.6. The summed E-state index contributed by atoms with van der Waals surface area (Å²) in [6.45, 7) is 19.4. The normalized spacial score (nSPS) is 18.2. The highest BCUT2D eigenvalue weighted by molar-refractivity contribution is 6.19. The molecule has 0 fully saturated rings. The smallest absolute Gasteiger partial charge is 0.135 e. The Labute approximate surface area is 377 Å². The van der Waals surface area contributed by atoms with E-state index >= 15 is 0 Å². The fourth-order valence-corrected chi connectivity index (χ4v) is 11.7. The molecule has 0 bridgehead atoms. The highest BCUT2D eigenvalue weighted by Gasteiger charge is 2.39. The van der Waals surface area contributed by atoms with Crippen molar-refractivity contribution in [1.29, 1.82) is 0 Å². The largest absolute Gasteiger partial charge is 0.456 e.